The molecule has 0 amide bonds. The SMILES string of the molecule is CCN1CCN(c2ccc3nc(-c4ccc(O)cc4)[nH]c3c2)CC1. The summed E-state index contributed by atoms with van der Waals surface area (Å²) in [5.41, 5.74) is 4.24. The Morgan fingerprint density at radius 1 is 1.04 bits per heavy atom. The number of likely N-dealkylation sites (N-methyl/N-ethyl adjacent to an activating group) is 1. The highest BCUT2D eigenvalue weighted by Crippen LogP contribution is 2.26. The van der Waals surface area contributed by atoms with E-state index < -0.39 is 0 Å². The summed E-state index contributed by atoms with van der Waals surface area (Å²) in [6.45, 7) is 7.73. The highest BCUT2D eigenvalue weighted by molar-refractivity contribution is 5.83. The van der Waals surface area contributed by atoms with Crippen LogP contribution >= 0.6 is 0 Å². The second kappa shape index (κ2) is 6.17. The lowest BCUT2D eigenvalue weighted by Crippen LogP contribution is -2.46. The first-order chi connectivity index (χ1) is 11.7. The largest absolute Gasteiger partial charge is 0.508 e. The third-order valence-corrected chi connectivity index (χ3v) is 4.79. The molecule has 3 aromatic rings. The molecule has 5 heteroatoms. The van der Waals surface area contributed by atoms with E-state index in [0.717, 1.165) is 55.1 Å². The number of piperazine rings is 1. The van der Waals surface area contributed by atoms with Gasteiger partial charge in [-0.1, -0.05) is 6.92 Å². The molecule has 124 valence electrons. The Morgan fingerprint density at radius 3 is 2.50 bits per heavy atom. The topological polar surface area (TPSA) is 55.4 Å². The fourth-order valence-electron chi connectivity index (χ4n) is 3.27. The second-order valence-electron chi connectivity index (χ2n) is 6.26. The summed E-state index contributed by atoms with van der Waals surface area (Å²) in [5.74, 6) is 1.10. The Labute approximate surface area is 141 Å². The van der Waals surface area contributed by atoms with Crippen molar-refractivity contribution < 1.29 is 5.11 Å². The third-order valence-electron chi connectivity index (χ3n) is 4.79. The minimum atomic E-state index is 0.267. The maximum Gasteiger partial charge on any atom is 0.138 e. The highest BCUT2D eigenvalue weighted by atomic mass is 16.3. The van der Waals surface area contributed by atoms with Crippen LogP contribution < -0.4 is 4.90 Å². The lowest BCUT2D eigenvalue weighted by atomic mass is 10.2. The van der Waals surface area contributed by atoms with Crippen LogP contribution in [0, 0.1) is 0 Å². The van der Waals surface area contributed by atoms with Crippen molar-refractivity contribution in [1.29, 1.82) is 0 Å². The molecule has 0 spiro atoms. The number of phenolic OH excluding ortho intramolecular Hbond substituents is 1. The molecule has 1 saturated heterocycles. The molecule has 0 saturated carbocycles. The smallest absolute Gasteiger partial charge is 0.138 e. The predicted molar refractivity (Wildman–Crippen MR) is 97.5 cm³/mol. The van der Waals surface area contributed by atoms with Crippen molar-refractivity contribution in [1.82, 2.24) is 14.9 Å². The second-order valence-corrected chi connectivity index (χ2v) is 6.26. The van der Waals surface area contributed by atoms with Gasteiger partial charge in [-0.05, 0) is 49.0 Å². The van der Waals surface area contributed by atoms with Gasteiger partial charge in [0, 0.05) is 37.4 Å². The average molecular weight is 322 g/mol. The number of fused-ring (bicyclic) bond motifs is 1. The lowest BCUT2D eigenvalue weighted by Gasteiger charge is -2.35. The van der Waals surface area contributed by atoms with Crippen LogP contribution in [-0.2, 0) is 0 Å². The summed E-state index contributed by atoms with van der Waals surface area (Å²) in [4.78, 5) is 13.0. The Morgan fingerprint density at radius 2 is 1.79 bits per heavy atom. The van der Waals surface area contributed by atoms with Gasteiger partial charge in [0.1, 0.15) is 11.6 Å². The number of rotatable bonds is 3. The zero-order chi connectivity index (χ0) is 16.5. The maximum atomic E-state index is 9.42. The molecule has 0 aliphatic carbocycles. The standard InChI is InChI=1S/C19H22N4O/c1-2-22-9-11-23(12-10-22)15-5-8-17-18(13-15)21-19(20-17)14-3-6-16(24)7-4-14/h3-8,13,24H,2,9-12H2,1H3,(H,20,21). The molecule has 0 radical (unpaired) electrons. The van der Waals surface area contributed by atoms with E-state index >= 15 is 0 Å². The van der Waals surface area contributed by atoms with Gasteiger partial charge in [0.25, 0.3) is 0 Å². The minimum absolute atomic E-state index is 0.267. The van der Waals surface area contributed by atoms with Crippen molar-refractivity contribution in [2.45, 2.75) is 6.92 Å². The number of aromatic nitrogens is 2. The fraction of sp³-hybridized carbons (Fsp3) is 0.316. The number of anilines is 1. The van der Waals surface area contributed by atoms with Crippen LogP contribution in [-0.4, -0.2) is 52.7 Å². The number of hydrogen-bond donors (Lipinski definition) is 2. The molecule has 0 atom stereocenters. The van der Waals surface area contributed by atoms with E-state index in [2.05, 4.69) is 44.9 Å². The third kappa shape index (κ3) is 2.83. The van der Waals surface area contributed by atoms with Crippen molar-refractivity contribution in [2.75, 3.05) is 37.6 Å². The maximum absolute atomic E-state index is 9.42. The molecule has 24 heavy (non-hydrogen) atoms. The molecule has 1 fully saturated rings. The molecule has 5 nitrogen and oxygen atoms in total. The Bertz CT molecular complexity index is 832. The number of imidazole rings is 1. The van der Waals surface area contributed by atoms with Gasteiger partial charge < -0.3 is 19.9 Å². The first-order valence-corrected chi connectivity index (χ1v) is 8.49. The Kier molecular flexibility index (Phi) is 3.86. The first kappa shape index (κ1) is 15.0. The Hall–Kier alpha value is -2.53. The van der Waals surface area contributed by atoms with Gasteiger partial charge >= 0.3 is 0 Å². The van der Waals surface area contributed by atoms with Crippen molar-refractivity contribution in [3.05, 3.63) is 42.5 Å². The first-order valence-electron chi connectivity index (χ1n) is 8.49. The number of hydrogen-bond acceptors (Lipinski definition) is 4. The van der Waals surface area contributed by atoms with Crippen LogP contribution in [0.4, 0.5) is 5.69 Å². The molecule has 2 heterocycles. The van der Waals surface area contributed by atoms with E-state index in [1.54, 1.807) is 12.1 Å². The number of aromatic hydroxyl groups is 1. The van der Waals surface area contributed by atoms with Crippen molar-refractivity contribution in [2.24, 2.45) is 0 Å². The number of aromatic amines is 1. The summed E-state index contributed by atoms with van der Waals surface area (Å²) < 4.78 is 0. The van der Waals surface area contributed by atoms with E-state index in [-0.39, 0.29) is 5.75 Å². The van der Waals surface area contributed by atoms with Gasteiger partial charge in [-0.3, -0.25) is 0 Å². The van der Waals surface area contributed by atoms with E-state index in [1.165, 1.54) is 5.69 Å². The molecule has 2 N–H and O–H groups in total. The van der Waals surface area contributed by atoms with Crippen LogP contribution in [0.5, 0.6) is 5.75 Å². The molecule has 1 aliphatic heterocycles. The number of nitrogens with one attached hydrogen (secondary N) is 1. The monoisotopic (exact) mass is 322 g/mol. The molecule has 2 aromatic carbocycles. The number of benzene rings is 2. The van der Waals surface area contributed by atoms with Crippen LogP contribution in [0.15, 0.2) is 42.5 Å². The summed E-state index contributed by atoms with van der Waals surface area (Å²) in [7, 11) is 0. The van der Waals surface area contributed by atoms with Crippen LogP contribution in [0.3, 0.4) is 0 Å². The number of H-pyrrole nitrogens is 1. The van der Waals surface area contributed by atoms with Gasteiger partial charge in [-0.25, -0.2) is 4.98 Å². The lowest BCUT2D eigenvalue weighted by molar-refractivity contribution is 0.271. The normalized spacial score (nSPS) is 16.0. The van der Waals surface area contributed by atoms with Gasteiger partial charge in [0.15, 0.2) is 0 Å². The predicted octanol–water partition coefficient (Wildman–Crippen LogP) is 3.08. The molecule has 1 aliphatic rings. The summed E-state index contributed by atoms with van der Waals surface area (Å²) in [6.07, 6.45) is 0. The number of nitrogens with zero attached hydrogens (tertiary/aromatic N) is 3. The fourth-order valence-corrected chi connectivity index (χ4v) is 3.27. The van der Waals surface area contributed by atoms with Crippen LogP contribution in [0.1, 0.15) is 6.92 Å². The summed E-state index contributed by atoms with van der Waals surface area (Å²) in [5, 5.41) is 9.42. The van der Waals surface area contributed by atoms with Gasteiger partial charge in [-0.2, -0.15) is 0 Å². The molecule has 1 aromatic heterocycles. The molecular weight excluding hydrogens is 300 g/mol. The highest BCUT2D eigenvalue weighted by Gasteiger charge is 2.16. The quantitative estimate of drug-likeness (QED) is 0.778. The van der Waals surface area contributed by atoms with Crippen LogP contribution in [0.25, 0.3) is 22.4 Å². The Balaban J connectivity index is 1.60. The summed E-state index contributed by atoms with van der Waals surface area (Å²) in [6, 6.07) is 13.5. The van der Waals surface area contributed by atoms with Crippen LogP contribution in [0.2, 0.25) is 0 Å². The zero-order valence-corrected chi connectivity index (χ0v) is 13.9. The molecule has 0 unspecified atom stereocenters. The minimum Gasteiger partial charge on any atom is -0.508 e. The van der Waals surface area contributed by atoms with E-state index in [9.17, 15) is 5.11 Å². The average Bonchev–Trinajstić information content (AvgIpc) is 3.05. The van der Waals surface area contributed by atoms with E-state index in [0.29, 0.717) is 0 Å². The van der Waals surface area contributed by atoms with E-state index in [4.69, 9.17) is 0 Å². The van der Waals surface area contributed by atoms with Crippen molar-refractivity contribution in [3.63, 3.8) is 0 Å². The molecular formula is C19H22N4O. The van der Waals surface area contributed by atoms with Crippen molar-refractivity contribution in [3.8, 4) is 17.1 Å². The van der Waals surface area contributed by atoms with Gasteiger partial charge in [-0.15, -0.1) is 0 Å². The zero-order valence-electron chi connectivity index (χ0n) is 13.9. The summed E-state index contributed by atoms with van der Waals surface area (Å²) >= 11 is 0. The molecule has 0 bridgehead atoms. The molecule has 4 rings (SSSR count). The van der Waals surface area contributed by atoms with E-state index in [1.807, 2.05) is 12.1 Å². The number of phenols is 1. The van der Waals surface area contributed by atoms with Crippen molar-refractivity contribution >= 4 is 16.7 Å². The van der Waals surface area contributed by atoms with Gasteiger partial charge in [0.2, 0.25) is 0 Å². The van der Waals surface area contributed by atoms with Gasteiger partial charge in [0.05, 0.1) is 11.0 Å².